The summed E-state index contributed by atoms with van der Waals surface area (Å²) < 4.78 is 0. The van der Waals surface area contributed by atoms with Crippen molar-refractivity contribution in [2.45, 2.75) is 83.9 Å². The van der Waals surface area contributed by atoms with E-state index in [1.165, 1.54) is 5.56 Å². The molecule has 1 saturated heterocycles. The molecule has 4 heteroatoms. The van der Waals surface area contributed by atoms with Gasteiger partial charge in [-0.1, -0.05) is 44.2 Å². The Balaban J connectivity index is 2.28. The molecule has 2 rings (SSSR count). The number of rotatable bonds is 7. The molecule has 1 aliphatic heterocycles. The average Bonchev–Trinajstić information content (AvgIpc) is 2.56. The monoisotopic (exact) mass is 346 g/mol. The Bertz CT molecular complexity index is 567. The Morgan fingerprint density at radius 2 is 1.84 bits per heavy atom. The van der Waals surface area contributed by atoms with Crippen molar-refractivity contribution in [2.75, 3.05) is 0 Å². The lowest BCUT2D eigenvalue weighted by Gasteiger charge is -2.57. The fourth-order valence-corrected chi connectivity index (χ4v) is 4.58. The van der Waals surface area contributed by atoms with Crippen LogP contribution in [0.5, 0.6) is 0 Å². The molecule has 1 aliphatic rings. The molecule has 1 amide bonds. The second kappa shape index (κ2) is 7.88. The molecule has 1 heterocycles. The molecule has 2 unspecified atom stereocenters. The minimum Gasteiger partial charge on any atom is -0.370 e. The number of carbonyl (C=O) groups is 1. The number of piperidine rings is 1. The molecule has 4 nitrogen and oxygen atoms in total. The van der Waals surface area contributed by atoms with Crippen molar-refractivity contribution in [2.24, 2.45) is 11.7 Å². The fraction of sp³-hybridized carbons (Fsp3) is 0.667. The first-order valence-corrected chi connectivity index (χ1v) is 9.54. The maximum atomic E-state index is 11.5. The molecule has 0 saturated carbocycles. The largest absolute Gasteiger partial charge is 0.370 e. The normalized spacial score (nSPS) is 24.0. The van der Waals surface area contributed by atoms with Gasteiger partial charge in [-0.2, -0.15) is 5.06 Å². The molecule has 1 aromatic carbocycles. The van der Waals surface area contributed by atoms with Crippen LogP contribution in [0.2, 0.25) is 0 Å². The van der Waals surface area contributed by atoms with Crippen molar-refractivity contribution in [3.8, 4) is 0 Å². The van der Waals surface area contributed by atoms with Gasteiger partial charge in [0.1, 0.15) is 6.10 Å². The highest BCUT2D eigenvalue weighted by Crippen LogP contribution is 2.47. The van der Waals surface area contributed by atoms with Gasteiger partial charge in [-0.05, 0) is 57.9 Å². The van der Waals surface area contributed by atoms with Crippen molar-refractivity contribution in [3.63, 3.8) is 0 Å². The van der Waals surface area contributed by atoms with Crippen molar-refractivity contribution in [3.05, 3.63) is 35.9 Å². The number of nitrogens with two attached hydrogens (primary N) is 1. The van der Waals surface area contributed by atoms with Crippen LogP contribution in [0.25, 0.3) is 0 Å². The Morgan fingerprint density at radius 1 is 1.24 bits per heavy atom. The van der Waals surface area contributed by atoms with E-state index >= 15 is 0 Å². The summed E-state index contributed by atoms with van der Waals surface area (Å²) >= 11 is 0. The van der Waals surface area contributed by atoms with E-state index in [2.05, 4.69) is 51.8 Å². The fourth-order valence-electron chi connectivity index (χ4n) is 4.58. The second-order valence-corrected chi connectivity index (χ2v) is 8.14. The SMILES string of the molecule is CCC1(CC)CC(CC(N)=O)CC(C)(C)N1OC(C)c1ccccc1. The van der Waals surface area contributed by atoms with E-state index in [1.807, 2.05) is 18.2 Å². The van der Waals surface area contributed by atoms with Gasteiger partial charge in [0.15, 0.2) is 0 Å². The molecule has 0 aliphatic carbocycles. The molecule has 1 aromatic rings. The standard InChI is InChI=1S/C21H34N2O2/c1-6-21(7-2)15-17(13-19(22)24)14-20(4,5)23(21)25-16(3)18-11-9-8-10-12-18/h8-12,16-17H,6-7,13-15H2,1-5H3,(H2,22,24). The van der Waals surface area contributed by atoms with Gasteiger partial charge in [0.05, 0.1) is 0 Å². The number of benzene rings is 1. The van der Waals surface area contributed by atoms with Crippen molar-refractivity contribution in [1.82, 2.24) is 5.06 Å². The first-order valence-electron chi connectivity index (χ1n) is 9.54. The predicted octanol–water partition coefficient (Wildman–Crippen LogP) is 4.60. The quantitative estimate of drug-likeness (QED) is 0.785. The second-order valence-electron chi connectivity index (χ2n) is 8.14. The summed E-state index contributed by atoms with van der Waals surface area (Å²) in [5, 5.41) is 2.25. The van der Waals surface area contributed by atoms with Crippen LogP contribution in [0.1, 0.15) is 78.4 Å². The third kappa shape index (κ3) is 4.42. The lowest BCUT2D eigenvalue weighted by Crippen LogP contribution is -2.62. The summed E-state index contributed by atoms with van der Waals surface area (Å²) in [5.41, 5.74) is 6.46. The third-order valence-electron chi connectivity index (χ3n) is 5.78. The number of hydrogen-bond acceptors (Lipinski definition) is 3. The summed E-state index contributed by atoms with van der Waals surface area (Å²) in [6.45, 7) is 11.0. The Labute approximate surface area is 152 Å². The van der Waals surface area contributed by atoms with Gasteiger partial charge in [-0.15, -0.1) is 0 Å². The van der Waals surface area contributed by atoms with Crippen LogP contribution in [0.4, 0.5) is 0 Å². The minimum atomic E-state index is -0.200. The van der Waals surface area contributed by atoms with Crippen molar-refractivity contribution < 1.29 is 9.63 Å². The topological polar surface area (TPSA) is 55.6 Å². The molecule has 0 spiro atoms. The summed E-state index contributed by atoms with van der Waals surface area (Å²) in [6, 6.07) is 10.3. The number of hydrogen-bond donors (Lipinski definition) is 1. The zero-order valence-corrected chi connectivity index (χ0v) is 16.4. The maximum Gasteiger partial charge on any atom is 0.217 e. The molecule has 140 valence electrons. The van der Waals surface area contributed by atoms with Crippen LogP contribution < -0.4 is 5.73 Å². The highest BCUT2D eigenvalue weighted by molar-refractivity contribution is 5.74. The zero-order valence-electron chi connectivity index (χ0n) is 16.4. The number of carbonyl (C=O) groups excluding carboxylic acids is 1. The van der Waals surface area contributed by atoms with E-state index in [0.29, 0.717) is 12.3 Å². The molecule has 2 atom stereocenters. The molecular formula is C21H34N2O2. The molecule has 25 heavy (non-hydrogen) atoms. The van der Waals surface area contributed by atoms with Crippen LogP contribution in [0.3, 0.4) is 0 Å². The maximum absolute atomic E-state index is 11.5. The van der Waals surface area contributed by atoms with Crippen LogP contribution in [0, 0.1) is 5.92 Å². The first kappa shape index (κ1) is 19.9. The summed E-state index contributed by atoms with van der Waals surface area (Å²) in [4.78, 5) is 18.0. The lowest BCUT2D eigenvalue weighted by molar-refractivity contribution is -0.319. The van der Waals surface area contributed by atoms with Crippen molar-refractivity contribution in [1.29, 1.82) is 0 Å². The number of amides is 1. The van der Waals surface area contributed by atoms with Gasteiger partial charge in [-0.25, -0.2) is 0 Å². The van der Waals surface area contributed by atoms with E-state index in [-0.39, 0.29) is 23.1 Å². The molecule has 2 N–H and O–H groups in total. The van der Waals surface area contributed by atoms with Gasteiger partial charge in [0.25, 0.3) is 0 Å². The van der Waals surface area contributed by atoms with Crippen LogP contribution in [0.15, 0.2) is 30.3 Å². The lowest BCUT2D eigenvalue weighted by atomic mass is 9.70. The summed E-state index contributed by atoms with van der Waals surface area (Å²) in [7, 11) is 0. The van der Waals surface area contributed by atoms with Gasteiger partial charge in [0.2, 0.25) is 5.91 Å². The molecule has 1 fully saturated rings. The van der Waals surface area contributed by atoms with Crippen molar-refractivity contribution >= 4 is 5.91 Å². The predicted molar refractivity (Wildman–Crippen MR) is 102 cm³/mol. The molecule has 0 radical (unpaired) electrons. The highest BCUT2D eigenvalue weighted by atomic mass is 16.7. The van der Waals surface area contributed by atoms with E-state index in [1.54, 1.807) is 0 Å². The zero-order chi connectivity index (χ0) is 18.7. The Hall–Kier alpha value is -1.39. The van der Waals surface area contributed by atoms with Gasteiger partial charge >= 0.3 is 0 Å². The first-order chi connectivity index (χ1) is 11.7. The van der Waals surface area contributed by atoms with E-state index < -0.39 is 0 Å². The van der Waals surface area contributed by atoms with Crippen LogP contribution >= 0.6 is 0 Å². The highest BCUT2D eigenvalue weighted by Gasteiger charge is 2.50. The average molecular weight is 347 g/mol. The van der Waals surface area contributed by atoms with Crippen LogP contribution in [-0.4, -0.2) is 22.0 Å². The molecule has 0 bridgehead atoms. The van der Waals surface area contributed by atoms with E-state index in [9.17, 15) is 4.79 Å². The third-order valence-corrected chi connectivity index (χ3v) is 5.78. The smallest absolute Gasteiger partial charge is 0.217 e. The molecule has 0 aromatic heterocycles. The molecular weight excluding hydrogens is 312 g/mol. The van der Waals surface area contributed by atoms with Gasteiger partial charge in [0, 0.05) is 17.5 Å². The Kier molecular flexibility index (Phi) is 6.28. The number of nitrogens with zero attached hydrogens (tertiary/aromatic N) is 1. The van der Waals surface area contributed by atoms with E-state index in [0.717, 1.165) is 25.7 Å². The van der Waals surface area contributed by atoms with Gasteiger partial charge < -0.3 is 5.73 Å². The number of hydroxylamine groups is 2. The minimum absolute atomic E-state index is 0.00867. The number of primary amides is 1. The van der Waals surface area contributed by atoms with E-state index in [4.69, 9.17) is 10.6 Å². The Morgan fingerprint density at radius 3 is 2.36 bits per heavy atom. The summed E-state index contributed by atoms with van der Waals surface area (Å²) in [6.07, 6.45) is 4.30. The van der Waals surface area contributed by atoms with Crippen LogP contribution in [-0.2, 0) is 9.63 Å². The van der Waals surface area contributed by atoms with Gasteiger partial charge in [-0.3, -0.25) is 9.63 Å². The summed E-state index contributed by atoms with van der Waals surface area (Å²) in [5.74, 6) is 0.119.